The van der Waals surface area contributed by atoms with Crippen LogP contribution < -0.4 is 4.90 Å². The molecule has 1 fully saturated rings. The molecule has 0 radical (unpaired) electrons. The van der Waals surface area contributed by atoms with Gasteiger partial charge in [-0.2, -0.15) is 0 Å². The number of hydrogen-bond acceptors (Lipinski definition) is 5. The van der Waals surface area contributed by atoms with Gasteiger partial charge >= 0.3 is 5.97 Å². The highest BCUT2D eigenvalue weighted by Gasteiger charge is 2.49. The third-order valence-electron chi connectivity index (χ3n) is 5.15. The normalized spacial score (nSPS) is 18.0. The minimum absolute atomic E-state index is 0.214. The number of halogens is 3. The average molecular weight is 521 g/mol. The number of thioether (sulfide) groups is 1. The largest absolute Gasteiger partial charge is 0.465 e. The third-order valence-corrected chi connectivity index (χ3v) is 7.21. The van der Waals surface area contributed by atoms with Crippen molar-refractivity contribution < 1.29 is 19.1 Å². The van der Waals surface area contributed by atoms with E-state index in [0.717, 1.165) is 11.8 Å². The second kappa shape index (κ2) is 9.77. The molecule has 33 heavy (non-hydrogen) atoms. The monoisotopic (exact) mass is 519 g/mol. The molecule has 0 bridgehead atoms. The van der Waals surface area contributed by atoms with Crippen LogP contribution in [0.4, 0.5) is 5.69 Å². The molecule has 5 nitrogen and oxygen atoms in total. The van der Waals surface area contributed by atoms with Gasteiger partial charge in [0, 0.05) is 25.7 Å². The molecule has 9 heteroatoms. The minimum Gasteiger partial charge on any atom is -0.465 e. The van der Waals surface area contributed by atoms with Crippen LogP contribution >= 0.6 is 46.6 Å². The molecule has 3 aromatic carbocycles. The predicted octanol–water partition coefficient (Wildman–Crippen LogP) is 6.25. The number of benzene rings is 3. The van der Waals surface area contributed by atoms with Crippen molar-refractivity contribution in [3.8, 4) is 0 Å². The standard InChI is InChI=1S/C24H16Cl3NO4S/c1-32-24(31)18-12-16(27)9-10-19(18)33-22-20(13-5-7-14(25)8-6-13)28(23(30)21(22)29)17-4-2-3-15(26)11-17/h2-12,20,22H,1H3. The van der Waals surface area contributed by atoms with Crippen LogP contribution in [-0.2, 0) is 14.3 Å². The summed E-state index contributed by atoms with van der Waals surface area (Å²) < 4.78 is 4.87. The number of ketones is 1. The van der Waals surface area contributed by atoms with Crippen LogP contribution in [0.2, 0.25) is 15.1 Å². The Morgan fingerprint density at radius 1 is 0.909 bits per heavy atom. The summed E-state index contributed by atoms with van der Waals surface area (Å²) in [4.78, 5) is 40.7. The van der Waals surface area contributed by atoms with Crippen LogP contribution in [0.15, 0.2) is 71.6 Å². The van der Waals surface area contributed by atoms with E-state index in [2.05, 4.69) is 0 Å². The van der Waals surface area contributed by atoms with Crippen LogP contribution in [0, 0.1) is 0 Å². The lowest BCUT2D eigenvalue weighted by Gasteiger charge is -2.28. The Bertz CT molecular complexity index is 1250. The van der Waals surface area contributed by atoms with Gasteiger partial charge in [0.2, 0.25) is 5.78 Å². The molecule has 2 unspecified atom stereocenters. The van der Waals surface area contributed by atoms with Gasteiger partial charge in [0.1, 0.15) is 5.25 Å². The maximum atomic E-state index is 13.2. The van der Waals surface area contributed by atoms with Crippen molar-refractivity contribution in [2.24, 2.45) is 0 Å². The van der Waals surface area contributed by atoms with Gasteiger partial charge in [-0.25, -0.2) is 4.79 Å². The molecular formula is C24H16Cl3NO4S. The first kappa shape index (κ1) is 23.6. The van der Waals surface area contributed by atoms with Crippen LogP contribution in [0.1, 0.15) is 22.0 Å². The molecule has 0 spiro atoms. The van der Waals surface area contributed by atoms with Crippen LogP contribution in [0.5, 0.6) is 0 Å². The molecule has 1 saturated heterocycles. The summed E-state index contributed by atoms with van der Waals surface area (Å²) in [6.07, 6.45) is 0. The van der Waals surface area contributed by atoms with Crippen LogP contribution in [0.25, 0.3) is 0 Å². The number of hydrogen-bond donors (Lipinski definition) is 0. The van der Waals surface area contributed by atoms with Gasteiger partial charge in [-0.1, -0.05) is 53.0 Å². The molecule has 1 amide bonds. The Morgan fingerprint density at radius 3 is 2.24 bits per heavy atom. The molecular weight excluding hydrogens is 505 g/mol. The Hall–Kier alpha value is -2.51. The van der Waals surface area contributed by atoms with Crippen molar-refractivity contribution in [2.45, 2.75) is 16.2 Å². The van der Waals surface area contributed by atoms with Crippen LogP contribution in [0.3, 0.4) is 0 Å². The number of nitrogens with zero attached hydrogens (tertiary/aromatic N) is 1. The second-order valence-electron chi connectivity index (χ2n) is 7.19. The Morgan fingerprint density at radius 2 is 1.58 bits per heavy atom. The maximum Gasteiger partial charge on any atom is 0.339 e. The summed E-state index contributed by atoms with van der Waals surface area (Å²) in [7, 11) is 1.26. The van der Waals surface area contributed by atoms with E-state index >= 15 is 0 Å². The summed E-state index contributed by atoms with van der Waals surface area (Å²) >= 11 is 19.4. The number of carbonyl (C=O) groups excluding carboxylic acids is 3. The summed E-state index contributed by atoms with van der Waals surface area (Å²) in [5.41, 5.74) is 1.42. The van der Waals surface area contributed by atoms with E-state index in [-0.39, 0.29) is 5.56 Å². The molecule has 0 aliphatic carbocycles. The van der Waals surface area contributed by atoms with Crippen molar-refractivity contribution in [1.29, 1.82) is 0 Å². The number of Topliss-reactive ketones (excluding diaryl/α,β-unsaturated/α-hetero) is 1. The fraction of sp³-hybridized carbons (Fsp3) is 0.125. The van der Waals surface area contributed by atoms with E-state index in [0.29, 0.717) is 31.2 Å². The smallest absolute Gasteiger partial charge is 0.339 e. The number of amides is 1. The number of anilines is 1. The van der Waals surface area contributed by atoms with Gasteiger partial charge in [0.15, 0.2) is 0 Å². The maximum absolute atomic E-state index is 13.2. The summed E-state index contributed by atoms with van der Waals surface area (Å²) in [5.74, 6) is -1.85. The quantitative estimate of drug-likeness (QED) is 0.294. The van der Waals surface area contributed by atoms with Crippen molar-refractivity contribution >= 4 is 69.9 Å². The molecule has 168 valence electrons. The predicted molar refractivity (Wildman–Crippen MR) is 131 cm³/mol. The minimum atomic E-state index is -0.845. The lowest BCUT2D eigenvalue weighted by atomic mass is 10.0. The van der Waals surface area contributed by atoms with Gasteiger partial charge < -0.3 is 4.74 Å². The molecule has 2 atom stereocenters. The van der Waals surface area contributed by atoms with Crippen LogP contribution in [-0.4, -0.2) is 30.0 Å². The van der Waals surface area contributed by atoms with E-state index in [1.54, 1.807) is 60.7 Å². The van der Waals surface area contributed by atoms with Crippen molar-refractivity contribution in [2.75, 3.05) is 12.0 Å². The summed E-state index contributed by atoms with van der Waals surface area (Å²) in [5, 5.41) is 0.466. The highest BCUT2D eigenvalue weighted by Crippen LogP contribution is 2.45. The van der Waals surface area contributed by atoms with Crippen molar-refractivity contribution in [3.05, 3.63) is 92.9 Å². The van der Waals surface area contributed by atoms with Gasteiger partial charge in [0.05, 0.1) is 18.7 Å². The molecule has 0 saturated carbocycles. The zero-order valence-corrected chi connectivity index (χ0v) is 20.2. The fourth-order valence-electron chi connectivity index (χ4n) is 3.66. The number of rotatable bonds is 5. The second-order valence-corrected chi connectivity index (χ2v) is 9.68. The first-order valence-corrected chi connectivity index (χ1v) is 11.7. The van der Waals surface area contributed by atoms with E-state index in [4.69, 9.17) is 39.5 Å². The van der Waals surface area contributed by atoms with E-state index < -0.39 is 29.0 Å². The topological polar surface area (TPSA) is 63.7 Å². The van der Waals surface area contributed by atoms with E-state index in [9.17, 15) is 14.4 Å². The number of methoxy groups -OCH3 is 1. The van der Waals surface area contributed by atoms with Crippen molar-refractivity contribution in [3.63, 3.8) is 0 Å². The SMILES string of the molecule is COC(=O)c1cc(Cl)ccc1SC1C(=O)C(=O)N(c2cccc(Cl)c2)C1c1ccc(Cl)cc1. The van der Waals surface area contributed by atoms with Crippen molar-refractivity contribution in [1.82, 2.24) is 0 Å². The molecule has 4 rings (SSSR count). The number of carbonyl (C=O) groups is 3. The van der Waals surface area contributed by atoms with Gasteiger partial charge in [0.25, 0.3) is 5.91 Å². The molecule has 1 aliphatic heterocycles. The fourth-order valence-corrected chi connectivity index (χ4v) is 5.45. The molecule has 3 aromatic rings. The summed E-state index contributed by atoms with van der Waals surface area (Å²) in [6, 6.07) is 17.8. The lowest BCUT2D eigenvalue weighted by Crippen LogP contribution is -2.29. The highest BCUT2D eigenvalue weighted by atomic mass is 35.5. The van der Waals surface area contributed by atoms with Gasteiger partial charge in [-0.15, -0.1) is 11.8 Å². The summed E-state index contributed by atoms with van der Waals surface area (Å²) in [6.45, 7) is 0. The average Bonchev–Trinajstić information content (AvgIpc) is 3.05. The van der Waals surface area contributed by atoms with E-state index in [1.165, 1.54) is 18.1 Å². The number of esters is 1. The third kappa shape index (κ3) is 4.75. The zero-order valence-electron chi connectivity index (χ0n) is 17.1. The van der Waals surface area contributed by atoms with Gasteiger partial charge in [-0.3, -0.25) is 14.5 Å². The Kier molecular flexibility index (Phi) is 7.00. The molecule has 0 N–H and O–H groups in total. The van der Waals surface area contributed by atoms with Gasteiger partial charge in [-0.05, 0) is 54.1 Å². The Labute approximate surface area is 209 Å². The highest BCUT2D eigenvalue weighted by molar-refractivity contribution is 8.01. The van der Waals surface area contributed by atoms with E-state index in [1.807, 2.05) is 0 Å². The number of ether oxygens (including phenoxy) is 1. The molecule has 1 aliphatic rings. The lowest BCUT2D eigenvalue weighted by molar-refractivity contribution is -0.133. The zero-order chi connectivity index (χ0) is 23.7. The first-order valence-electron chi connectivity index (χ1n) is 9.73. The first-order chi connectivity index (χ1) is 15.8. The Balaban J connectivity index is 1.83. The molecule has 1 heterocycles. The molecule has 0 aromatic heterocycles.